The highest BCUT2D eigenvalue weighted by Gasteiger charge is 2.36. The Kier molecular flexibility index (Phi) is 3.35. The molecule has 0 spiro atoms. The van der Waals surface area contributed by atoms with Crippen molar-refractivity contribution in [1.82, 2.24) is 19.5 Å². The van der Waals surface area contributed by atoms with E-state index in [9.17, 15) is 9.90 Å². The molecule has 0 aromatic carbocycles. The number of rotatable bonds is 3. The summed E-state index contributed by atoms with van der Waals surface area (Å²) in [5.74, 6) is 0. The molecular weight excluding hydrogens is 282 g/mol. The van der Waals surface area contributed by atoms with Crippen molar-refractivity contribution in [2.75, 3.05) is 6.61 Å². The standard InChI is InChI=1S/C10H11N7O2S/c11-16-15-6-1-5(2-18)20-10(6)17-4-14-7-8(17)12-3-13-9(7)19/h3-6,10,18H,1-2H2,(H,12,13,19)/t5-,6?,10-/m1/s1. The maximum Gasteiger partial charge on any atom is 0.278 e. The Balaban J connectivity index is 2.07. The molecule has 9 nitrogen and oxygen atoms in total. The number of aliphatic hydroxyl groups excluding tert-OH is 1. The van der Waals surface area contributed by atoms with Gasteiger partial charge in [0.2, 0.25) is 0 Å². The Labute approximate surface area is 116 Å². The van der Waals surface area contributed by atoms with Crippen LogP contribution in [0.1, 0.15) is 11.8 Å². The molecule has 0 aliphatic carbocycles. The fraction of sp³-hybridized carbons (Fsp3) is 0.500. The molecule has 104 valence electrons. The largest absolute Gasteiger partial charge is 0.395 e. The Morgan fingerprint density at radius 3 is 3.25 bits per heavy atom. The zero-order valence-corrected chi connectivity index (χ0v) is 11.1. The van der Waals surface area contributed by atoms with E-state index in [-0.39, 0.29) is 34.3 Å². The highest BCUT2D eigenvalue weighted by molar-refractivity contribution is 8.00. The van der Waals surface area contributed by atoms with Gasteiger partial charge >= 0.3 is 0 Å². The van der Waals surface area contributed by atoms with E-state index in [2.05, 4.69) is 25.0 Å². The molecule has 2 aromatic heterocycles. The lowest BCUT2D eigenvalue weighted by molar-refractivity contribution is 0.289. The maximum atomic E-state index is 11.6. The second kappa shape index (κ2) is 5.16. The normalized spacial score (nSPS) is 25.8. The molecule has 1 saturated heterocycles. The van der Waals surface area contributed by atoms with Crippen LogP contribution >= 0.6 is 11.8 Å². The molecule has 3 heterocycles. The minimum atomic E-state index is -0.309. The zero-order valence-electron chi connectivity index (χ0n) is 10.2. The highest BCUT2D eigenvalue weighted by Crippen LogP contribution is 2.44. The molecule has 3 atom stereocenters. The molecule has 1 unspecified atom stereocenters. The number of azide groups is 1. The fourth-order valence-corrected chi connectivity index (χ4v) is 3.74. The molecule has 20 heavy (non-hydrogen) atoms. The van der Waals surface area contributed by atoms with Crippen molar-refractivity contribution in [3.05, 3.63) is 33.5 Å². The third-order valence-corrected chi connectivity index (χ3v) is 4.75. The summed E-state index contributed by atoms with van der Waals surface area (Å²) in [5, 5.41) is 12.8. The minimum absolute atomic E-state index is 0.00468. The van der Waals surface area contributed by atoms with Gasteiger partial charge in [-0.25, -0.2) is 9.97 Å². The van der Waals surface area contributed by atoms with Crippen LogP contribution < -0.4 is 5.56 Å². The molecular formula is C10H11N7O2S. The zero-order chi connectivity index (χ0) is 14.1. The Bertz CT molecular complexity index is 735. The molecule has 10 heteroatoms. The first-order valence-corrected chi connectivity index (χ1v) is 6.89. The Morgan fingerprint density at radius 1 is 1.65 bits per heavy atom. The highest BCUT2D eigenvalue weighted by atomic mass is 32.2. The summed E-state index contributed by atoms with van der Waals surface area (Å²) in [6, 6.07) is -0.305. The number of nitrogens with one attached hydrogen (secondary N) is 1. The summed E-state index contributed by atoms with van der Waals surface area (Å²) < 4.78 is 1.73. The fourth-order valence-electron chi connectivity index (χ4n) is 2.32. The van der Waals surface area contributed by atoms with Gasteiger partial charge in [-0.3, -0.25) is 4.79 Å². The van der Waals surface area contributed by atoms with E-state index in [1.165, 1.54) is 24.4 Å². The number of H-pyrrole nitrogens is 1. The average Bonchev–Trinajstić information content (AvgIpc) is 3.03. The number of aromatic nitrogens is 4. The lowest BCUT2D eigenvalue weighted by Gasteiger charge is -2.16. The molecule has 1 fully saturated rings. The van der Waals surface area contributed by atoms with Gasteiger partial charge in [-0.2, -0.15) is 0 Å². The van der Waals surface area contributed by atoms with Gasteiger partial charge in [-0.05, 0) is 12.0 Å². The SMILES string of the molecule is [N-]=[N+]=NC1C[C@H](CO)S[C@H]1n1cnc2c(=O)[nH]cnc21. The molecule has 2 aromatic rings. The van der Waals surface area contributed by atoms with E-state index < -0.39 is 0 Å². The third kappa shape index (κ3) is 2.03. The first kappa shape index (κ1) is 13.0. The molecule has 0 bridgehead atoms. The lowest BCUT2D eigenvalue weighted by Crippen LogP contribution is -2.15. The average molecular weight is 293 g/mol. The summed E-state index contributed by atoms with van der Waals surface area (Å²) in [5.41, 5.74) is 9.04. The van der Waals surface area contributed by atoms with Crippen molar-refractivity contribution in [1.29, 1.82) is 0 Å². The molecule has 0 saturated carbocycles. The number of aliphatic hydroxyl groups is 1. The summed E-state index contributed by atoms with van der Waals surface area (Å²) in [7, 11) is 0. The van der Waals surface area contributed by atoms with Crippen LogP contribution in [-0.2, 0) is 0 Å². The predicted octanol–water partition coefficient (Wildman–Crippen LogP) is 0.795. The third-order valence-electron chi connectivity index (χ3n) is 3.21. The smallest absolute Gasteiger partial charge is 0.278 e. The van der Waals surface area contributed by atoms with Crippen LogP contribution in [0.15, 0.2) is 22.6 Å². The number of hydrogen-bond donors (Lipinski definition) is 2. The molecule has 1 aliphatic heterocycles. The Morgan fingerprint density at radius 2 is 2.50 bits per heavy atom. The molecule has 2 N–H and O–H groups in total. The maximum absolute atomic E-state index is 11.6. The first-order chi connectivity index (χ1) is 9.74. The van der Waals surface area contributed by atoms with Gasteiger partial charge < -0.3 is 14.7 Å². The van der Waals surface area contributed by atoms with Crippen molar-refractivity contribution in [2.45, 2.75) is 23.1 Å². The number of imidazole rings is 1. The molecule has 3 rings (SSSR count). The topological polar surface area (TPSA) is 133 Å². The van der Waals surface area contributed by atoms with Crippen molar-refractivity contribution in [2.24, 2.45) is 5.11 Å². The quantitative estimate of drug-likeness (QED) is 0.490. The van der Waals surface area contributed by atoms with Gasteiger partial charge in [0.1, 0.15) is 0 Å². The second-order valence-electron chi connectivity index (χ2n) is 4.39. The van der Waals surface area contributed by atoms with Crippen LogP contribution in [-0.4, -0.2) is 42.5 Å². The van der Waals surface area contributed by atoms with E-state index in [1.54, 1.807) is 4.57 Å². The van der Waals surface area contributed by atoms with Gasteiger partial charge in [-0.1, -0.05) is 5.11 Å². The predicted molar refractivity (Wildman–Crippen MR) is 73.2 cm³/mol. The molecule has 0 amide bonds. The van der Waals surface area contributed by atoms with Gasteiger partial charge in [0, 0.05) is 10.2 Å². The molecule has 0 radical (unpaired) electrons. The Hall–Kier alpha value is -2.03. The van der Waals surface area contributed by atoms with Crippen LogP contribution in [0, 0.1) is 0 Å². The molecule has 1 aliphatic rings. The summed E-state index contributed by atoms with van der Waals surface area (Å²) >= 11 is 1.49. The van der Waals surface area contributed by atoms with Gasteiger partial charge in [0.25, 0.3) is 5.56 Å². The van der Waals surface area contributed by atoms with Crippen LogP contribution in [0.3, 0.4) is 0 Å². The van der Waals surface area contributed by atoms with Gasteiger partial charge in [0.15, 0.2) is 11.2 Å². The van der Waals surface area contributed by atoms with E-state index >= 15 is 0 Å². The van der Waals surface area contributed by atoms with Crippen molar-refractivity contribution in [3.8, 4) is 0 Å². The number of hydrogen-bond acceptors (Lipinski definition) is 6. The summed E-state index contributed by atoms with van der Waals surface area (Å²) in [6.07, 6.45) is 3.41. The number of thioether (sulfide) groups is 1. The van der Waals surface area contributed by atoms with Crippen LogP contribution in [0.2, 0.25) is 0 Å². The van der Waals surface area contributed by atoms with Crippen LogP contribution in [0.5, 0.6) is 0 Å². The summed E-state index contributed by atoms with van der Waals surface area (Å²) in [4.78, 5) is 25.1. The van der Waals surface area contributed by atoms with Gasteiger partial charge in [-0.15, -0.1) is 11.8 Å². The van der Waals surface area contributed by atoms with Crippen molar-refractivity contribution < 1.29 is 5.11 Å². The summed E-state index contributed by atoms with van der Waals surface area (Å²) in [6.45, 7) is 0.0132. The minimum Gasteiger partial charge on any atom is -0.395 e. The van der Waals surface area contributed by atoms with Crippen molar-refractivity contribution in [3.63, 3.8) is 0 Å². The van der Waals surface area contributed by atoms with E-state index in [4.69, 9.17) is 5.53 Å². The number of aromatic amines is 1. The van der Waals surface area contributed by atoms with E-state index in [0.717, 1.165) is 0 Å². The van der Waals surface area contributed by atoms with Crippen LogP contribution in [0.4, 0.5) is 0 Å². The van der Waals surface area contributed by atoms with Crippen LogP contribution in [0.25, 0.3) is 21.6 Å². The first-order valence-electron chi connectivity index (χ1n) is 5.95. The second-order valence-corrected chi connectivity index (χ2v) is 5.82. The number of fused-ring (bicyclic) bond motifs is 1. The lowest BCUT2D eigenvalue weighted by atomic mass is 10.2. The van der Waals surface area contributed by atoms with Crippen molar-refractivity contribution >= 4 is 22.9 Å². The number of nitrogens with zero attached hydrogens (tertiary/aromatic N) is 6. The van der Waals surface area contributed by atoms with Gasteiger partial charge in [0.05, 0.1) is 30.7 Å². The van der Waals surface area contributed by atoms with E-state index in [0.29, 0.717) is 12.1 Å². The monoisotopic (exact) mass is 293 g/mol. The van der Waals surface area contributed by atoms with E-state index in [1.807, 2.05) is 0 Å².